The number of primary amides is 1. The Balaban J connectivity index is 0.883. The fraction of sp³-hybridized carbons (Fsp3) is 0.239. The van der Waals surface area contributed by atoms with Crippen molar-refractivity contribution in [3.8, 4) is 0 Å². The van der Waals surface area contributed by atoms with Crippen molar-refractivity contribution in [3.63, 3.8) is 0 Å². The normalized spacial score (nSPS) is 18.6. The van der Waals surface area contributed by atoms with E-state index in [-0.39, 0.29) is 31.8 Å². The number of H-pyrrole nitrogens is 1. The standard InChI is InChI=1S/C46H42N10O7/c1-24(57)50-25-19-36(56(22-25)38(59)21-49-46(63)40-29-12-4-8-16-33(29)53-41-30-13-5-9-17-34(30)54-42(40)41)44(61)51-26-18-35(43(47)60)55(23-26)37(58)20-48-45(62)39-27-10-2-6-14-31(27)52-32-15-7-3-11-28(32)39/h2-17,25-26,35-36,54H,18-23H2,1H3,(H2,47,60)(H,48,62)(H,49,63)(H,50,57)(H,51,61). The van der Waals surface area contributed by atoms with Crippen LogP contribution in [0, 0.1) is 0 Å². The van der Waals surface area contributed by atoms with Gasteiger partial charge in [0.25, 0.3) is 11.8 Å². The first-order valence-corrected chi connectivity index (χ1v) is 20.5. The lowest BCUT2D eigenvalue weighted by atomic mass is 10.0. The van der Waals surface area contributed by atoms with E-state index >= 15 is 0 Å². The molecular formula is C46H42N10O7. The van der Waals surface area contributed by atoms with Crippen molar-refractivity contribution in [1.29, 1.82) is 0 Å². The lowest BCUT2D eigenvalue weighted by Gasteiger charge is -2.25. The van der Waals surface area contributed by atoms with Crippen LogP contribution in [0.4, 0.5) is 0 Å². The Morgan fingerprint density at radius 3 is 1.68 bits per heavy atom. The van der Waals surface area contributed by atoms with Crippen molar-refractivity contribution < 1.29 is 33.6 Å². The smallest absolute Gasteiger partial charge is 0.254 e. The summed E-state index contributed by atoms with van der Waals surface area (Å²) in [6.45, 7) is 0.326. The zero-order chi connectivity index (χ0) is 43.9. The van der Waals surface area contributed by atoms with Crippen LogP contribution in [0.3, 0.4) is 0 Å². The van der Waals surface area contributed by atoms with Gasteiger partial charge >= 0.3 is 0 Å². The number of carbonyl (C=O) groups is 7. The molecule has 4 atom stereocenters. The summed E-state index contributed by atoms with van der Waals surface area (Å²) in [4.78, 5) is 109. The van der Waals surface area contributed by atoms with Crippen LogP contribution < -0.4 is 27.0 Å². The Morgan fingerprint density at radius 1 is 0.619 bits per heavy atom. The van der Waals surface area contributed by atoms with E-state index in [2.05, 4.69) is 31.2 Å². The molecule has 0 bridgehead atoms. The van der Waals surface area contributed by atoms with Crippen LogP contribution in [-0.4, -0.2) is 116 Å². The Bertz CT molecular complexity index is 3000. The third kappa shape index (κ3) is 7.68. The number of hydrogen-bond donors (Lipinski definition) is 6. The van der Waals surface area contributed by atoms with E-state index in [0.29, 0.717) is 54.9 Å². The average Bonchev–Trinajstić information content (AvgIpc) is 4.01. The number of rotatable bonds is 10. The van der Waals surface area contributed by atoms with Gasteiger partial charge in [0, 0.05) is 59.2 Å². The van der Waals surface area contributed by atoms with Crippen LogP contribution in [0.15, 0.2) is 97.1 Å². The van der Waals surface area contributed by atoms with Crippen LogP contribution >= 0.6 is 0 Å². The number of nitrogens with two attached hydrogens (primary N) is 1. The minimum atomic E-state index is -1.08. The molecule has 2 aliphatic rings. The second-order valence-electron chi connectivity index (χ2n) is 15.9. The third-order valence-electron chi connectivity index (χ3n) is 11.8. The van der Waals surface area contributed by atoms with E-state index in [0.717, 1.165) is 10.9 Å². The number of nitrogens with one attached hydrogen (secondary N) is 5. The number of carbonyl (C=O) groups excluding carboxylic acids is 7. The van der Waals surface area contributed by atoms with Crippen molar-refractivity contribution in [3.05, 3.63) is 108 Å². The van der Waals surface area contributed by atoms with E-state index in [4.69, 9.17) is 10.7 Å². The maximum absolute atomic E-state index is 14.0. The van der Waals surface area contributed by atoms with E-state index in [1.165, 1.54) is 16.7 Å². The van der Waals surface area contributed by atoms with Crippen LogP contribution in [0.5, 0.6) is 0 Å². The Hall–Kier alpha value is -7.95. The highest BCUT2D eigenvalue weighted by Crippen LogP contribution is 2.31. The SMILES string of the molecule is CC(=O)NC1CC(C(=O)NC2CC(C(N)=O)N(C(=O)CNC(=O)c3c4ccccc4nc4ccccc34)C2)N(C(=O)CNC(=O)c2c3ccccc3nc3c2[nH]c2ccccc23)C1. The van der Waals surface area contributed by atoms with Gasteiger partial charge in [0.05, 0.1) is 51.8 Å². The van der Waals surface area contributed by atoms with Crippen molar-refractivity contribution >= 4 is 96.0 Å². The summed E-state index contributed by atoms with van der Waals surface area (Å²) in [5, 5.41) is 13.8. The minimum Gasteiger partial charge on any atom is -0.368 e. The molecule has 2 saturated heterocycles. The molecule has 318 valence electrons. The van der Waals surface area contributed by atoms with Crippen LogP contribution in [0.2, 0.25) is 0 Å². The Morgan fingerprint density at radius 2 is 1.10 bits per heavy atom. The number of aromatic nitrogens is 3. The molecule has 17 heteroatoms. The van der Waals surface area contributed by atoms with Gasteiger partial charge in [-0.3, -0.25) is 33.6 Å². The molecule has 0 radical (unpaired) electrons. The van der Waals surface area contributed by atoms with Gasteiger partial charge in [0.15, 0.2) is 0 Å². The highest BCUT2D eigenvalue weighted by Gasteiger charge is 2.44. The van der Waals surface area contributed by atoms with Gasteiger partial charge in [0.2, 0.25) is 29.5 Å². The zero-order valence-corrected chi connectivity index (χ0v) is 34.0. The summed E-state index contributed by atoms with van der Waals surface area (Å²) in [7, 11) is 0. The Kier molecular flexibility index (Phi) is 10.6. The van der Waals surface area contributed by atoms with E-state index in [1.54, 1.807) is 48.5 Å². The number of hydrogen-bond acceptors (Lipinski definition) is 9. The molecule has 0 aliphatic carbocycles. The fourth-order valence-electron chi connectivity index (χ4n) is 9.01. The van der Waals surface area contributed by atoms with Crippen molar-refractivity contribution in [1.82, 2.24) is 46.0 Å². The van der Waals surface area contributed by atoms with Crippen molar-refractivity contribution in [2.75, 3.05) is 26.2 Å². The predicted octanol–water partition coefficient (Wildman–Crippen LogP) is 2.41. The third-order valence-corrected chi connectivity index (χ3v) is 11.8. The second kappa shape index (κ2) is 16.5. The number of likely N-dealkylation sites (tertiary alicyclic amines) is 2. The molecule has 9 rings (SSSR count). The molecule has 7 amide bonds. The maximum atomic E-state index is 14.0. The van der Waals surface area contributed by atoms with Gasteiger partial charge in [-0.25, -0.2) is 9.97 Å². The average molecular weight is 847 g/mol. The van der Waals surface area contributed by atoms with Gasteiger partial charge in [-0.1, -0.05) is 72.8 Å². The van der Waals surface area contributed by atoms with Gasteiger partial charge in [0.1, 0.15) is 12.1 Å². The highest BCUT2D eigenvalue weighted by atomic mass is 16.2. The van der Waals surface area contributed by atoms with Gasteiger partial charge in [-0.05, 0) is 37.1 Å². The summed E-state index contributed by atoms with van der Waals surface area (Å²) >= 11 is 0. The lowest BCUT2D eigenvalue weighted by molar-refractivity contribution is -0.138. The summed E-state index contributed by atoms with van der Waals surface area (Å²) in [5.74, 6) is -3.89. The molecule has 7 aromatic rings. The van der Waals surface area contributed by atoms with Gasteiger partial charge in [-0.15, -0.1) is 0 Å². The monoisotopic (exact) mass is 846 g/mol. The number of fused-ring (bicyclic) bond motifs is 6. The van der Waals surface area contributed by atoms with E-state index in [1.807, 2.05) is 48.5 Å². The second-order valence-corrected chi connectivity index (χ2v) is 15.9. The minimum absolute atomic E-state index is 0.00223. The topological polar surface area (TPSA) is 242 Å². The van der Waals surface area contributed by atoms with Gasteiger partial charge in [-0.2, -0.15) is 0 Å². The first-order chi connectivity index (χ1) is 30.4. The molecule has 0 spiro atoms. The van der Waals surface area contributed by atoms with E-state index in [9.17, 15) is 33.6 Å². The number of para-hydroxylation sites is 4. The molecule has 4 aromatic carbocycles. The highest BCUT2D eigenvalue weighted by molar-refractivity contribution is 6.21. The summed E-state index contributed by atoms with van der Waals surface area (Å²) in [6.07, 6.45) is 0.0726. The molecule has 0 saturated carbocycles. The lowest BCUT2D eigenvalue weighted by Crippen LogP contribution is -2.51. The van der Waals surface area contributed by atoms with Gasteiger partial charge < -0.3 is 41.8 Å². The first-order valence-electron chi connectivity index (χ1n) is 20.5. The molecular weight excluding hydrogens is 805 g/mol. The quantitative estimate of drug-likeness (QED) is 0.111. The molecule has 5 heterocycles. The fourth-order valence-corrected chi connectivity index (χ4v) is 9.01. The molecule has 4 unspecified atom stereocenters. The maximum Gasteiger partial charge on any atom is 0.254 e. The molecule has 17 nitrogen and oxygen atoms in total. The summed E-state index contributed by atoms with van der Waals surface area (Å²) in [5.41, 5.74) is 10.2. The van der Waals surface area contributed by atoms with Crippen molar-refractivity contribution in [2.24, 2.45) is 5.73 Å². The molecule has 63 heavy (non-hydrogen) atoms. The molecule has 3 aromatic heterocycles. The predicted molar refractivity (Wildman–Crippen MR) is 234 cm³/mol. The van der Waals surface area contributed by atoms with Crippen LogP contribution in [-0.2, 0) is 24.0 Å². The zero-order valence-electron chi connectivity index (χ0n) is 34.0. The molecule has 2 aliphatic heterocycles. The summed E-state index contributed by atoms with van der Waals surface area (Å²) < 4.78 is 0. The van der Waals surface area contributed by atoms with Crippen LogP contribution in [0.1, 0.15) is 40.5 Å². The summed E-state index contributed by atoms with van der Waals surface area (Å²) in [6, 6.07) is 25.7. The number of pyridine rings is 2. The van der Waals surface area contributed by atoms with Crippen molar-refractivity contribution in [2.45, 2.75) is 43.9 Å². The number of aromatic amines is 1. The molecule has 7 N–H and O–H groups in total. The van der Waals surface area contributed by atoms with E-state index < -0.39 is 72.7 Å². The number of amides is 7. The van der Waals surface area contributed by atoms with Crippen LogP contribution in [0.25, 0.3) is 54.6 Å². The molecule has 2 fully saturated rings. The number of nitrogens with zero attached hydrogens (tertiary/aromatic N) is 4. The first kappa shape index (κ1) is 40.5. The largest absolute Gasteiger partial charge is 0.368 e. The number of benzene rings is 4. The Labute approximate surface area is 358 Å².